The molecule has 1 rings (SSSR count). The zero-order valence-electron chi connectivity index (χ0n) is 13.4. The van der Waals surface area contributed by atoms with Gasteiger partial charge in [-0.3, -0.25) is 11.3 Å². The van der Waals surface area contributed by atoms with Crippen LogP contribution < -0.4 is 11.3 Å². The topological polar surface area (TPSA) is 78.7 Å². The van der Waals surface area contributed by atoms with Gasteiger partial charge in [-0.05, 0) is 53.1 Å². The van der Waals surface area contributed by atoms with Gasteiger partial charge < -0.3 is 4.90 Å². The van der Waals surface area contributed by atoms with Crippen LogP contribution in [0.15, 0.2) is 0 Å². The van der Waals surface area contributed by atoms with Crippen molar-refractivity contribution in [2.24, 2.45) is 11.8 Å². The van der Waals surface area contributed by atoms with Crippen molar-refractivity contribution in [3.05, 3.63) is 0 Å². The van der Waals surface area contributed by atoms with Crippen molar-refractivity contribution >= 4 is 10.0 Å². The minimum Gasteiger partial charge on any atom is -0.303 e. The quantitative estimate of drug-likeness (QED) is 0.542. The molecule has 1 aliphatic heterocycles. The van der Waals surface area contributed by atoms with E-state index in [1.807, 2.05) is 14.1 Å². The van der Waals surface area contributed by atoms with Gasteiger partial charge in [-0.15, -0.1) is 0 Å². The van der Waals surface area contributed by atoms with E-state index in [9.17, 15) is 8.42 Å². The van der Waals surface area contributed by atoms with Gasteiger partial charge in [0.25, 0.3) is 0 Å². The first kappa shape index (κ1) is 17.8. The lowest BCUT2D eigenvalue weighted by molar-refractivity contribution is 0.111. The highest BCUT2D eigenvalue weighted by Crippen LogP contribution is 2.27. The van der Waals surface area contributed by atoms with Crippen molar-refractivity contribution in [3.8, 4) is 0 Å². The smallest absolute Gasteiger partial charge is 0.211 e. The second kappa shape index (κ2) is 6.70. The second-order valence-electron chi connectivity index (χ2n) is 6.63. The number of rotatable bonds is 6. The average Bonchev–Trinajstić information content (AvgIpc) is 2.34. The fourth-order valence-electron chi connectivity index (χ4n) is 2.73. The van der Waals surface area contributed by atoms with Gasteiger partial charge in [0.05, 0.1) is 6.26 Å². The van der Waals surface area contributed by atoms with E-state index in [2.05, 4.69) is 24.2 Å². The van der Waals surface area contributed by atoms with Crippen LogP contribution in [0.3, 0.4) is 0 Å². The first-order chi connectivity index (χ1) is 9.09. The maximum absolute atomic E-state index is 11.7. The Morgan fingerprint density at radius 1 is 1.45 bits per heavy atom. The number of hydrazine groups is 1. The van der Waals surface area contributed by atoms with Gasteiger partial charge in [-0.1, -0.05) is 0 Å². The van der Waals surface area contributed by atoms with Crippen LogP contribution in [-0.2, 0) is 10.0 Å². The molecular weight excluding hydrogens is 276 g/mol. The Bertz CT molecular complexity index is 409. The average molecular weight is 306 g/mol. The minimum atomic E-state index is -3.08. The molecule has 2 unspecified atom stereocenters. The fourth-order valence-corrected chi connectivity index (χ4v) is 3.67. The fraction of sp³-hybridized carbons (Fsp3) is 1.00. The summed E-state index contributed by atoms with van der Waals surface area (Å²) in [6.45, 7) is 5.55. The van der Waals surface area contributed by atoms with Gasteiger partial charge in [-0.2, -0.15) is 0 Å². The summed E-state index contributed by atoms with van der Waals surface area (Å²) in [5.74, 6) is 6.09. The summed E-state index contributed by atoms with van der Waals surface area (Å²) in [6.07, 6.45) is 4.16. The van der Waals surface area contributed by atoms with Crippen LogP contribution in [-0.4, -0.2) is 62.6 Å². The number of nitrogens with zero attached hydrogens (tertiary/aromatic N) is 2. The normalized spacial score (nSPS) is 24.1. The summed E-state index contributed by atoms with van der Waals surface area (Å²) >= 11 is 0. The molecule has 1 heterocycles. The predicted octanol–water partition coefficient (Wildman–Crippen LogP) is 0.220. The van der Waals surface area contributed by atoms with Crippen molar-refractivity contribution in [2.45, 2.75) is 44.7 Å². The first-order valence-electron chi connectivity index (χ1n) is 7.17. The molecule has 1 saturated heterocycles. The van der Waals surface area contributed by atoms with E-state index in [-0.39, 0.29) is 11.6 Å². The number of nitrogens with two attached hydrogens (primary N) is 1. The van der Waals surface area contributed by atoms with E-state index in [1.165, 1.54) is 6.26 Å². The van der Waals surface area contributed by atoms with E-state index in [0.29, 0.717) is 19.0 Å². The summed E-state index contributed by atoms with van der Waals surface area (Å²) in [5.41, 5.74) is 2.83. The van der Waals surface area contributed by atoms with E-state index < -0.39 is 10.0 Å². The van der Waals surface area contributed by atoms with Gasteiger partial charge in [0.15, 0.2) is 0 Å². The molecule has 0 aliphatic carbocycles. The standard InChI is InChI=1S/C13H30N4O2S/c1-13(2,16(3)4)12(15-14)9-11-7-6-8-17(10-11)20(5,18)19/h11-12,15H,6-10,14H2,1-5H3. The molecular formula is C13H30N4O2S. The third kappa shape index (κ3) is 4.39. The third-order valence-electron chi connectivity index (χ3n) is 4.73. The molecule has 0 saturated carbocycles. The lowest BCUT2D eigenvalue weighted by Gasteiger charge is -2.42. The molecule has 0 aromatic rings. The van der Waals surface area contributed by atoms with Gasteiger partial charge in [0.2, 0.25) is 10.0 Å². The Morgan fingerprint density at radius 2 is 2.05 bits per heavy atom. The molecule has 0 aromatic heterocycles. The van der Waals surface area contributed by atoms with Crippen molar-refractivity contribution in [1.29, 1.82) is 0 Å². The van der Waals surface area contributed by atoms with Crippen LogP contribution in [0.1, 0.15) is 33.1 Å². The molecule has 3 N–H and O–H groups in total. The largest absolute Gasteiger partial charge is 0.303 e. The minimum absolute atomic E-state index is 0.0812. The molecule has 0 bridgehead atoms. The van der Waals surface area contributed by atoms with Crippen molar-refractivity contribution < 1.29 is 8.42 Å². The van der Waals surface area contributed by atoms with Crippen LogP contribution in [0.2, 0.25) is 0 Å². The summed E-state index contributed by atoms with van der Waals surface area (Å²) in [5, 5.41) is 0. The molecule has 1 fully saturated rings. The highest BCUT2D eigenvalue weighted by molar-refractivity contribution is 7.88. The lowest BCUT2D eigenvalue weighted by atomic mass is 9.83. The maximum atomic E-state index is 11.7. The predicted molar refractivity (Wildman–Crippen MR) is 82.6 cm³/mol. The zero-order chi connectivity index (χ0) is 15.6. The number of likely N-dealkylation sites (N-methyl/N-ethyl adjacent to an activating group) is 1. The highest BCUT2D eigenvalue weighted by atomic mass is 32.2. The molecule has 7 heteroatoms. The highest BCUT2D eigenvalue weighted by Gasteiger charge is 2.35. The van der Waals surface area contributed by atoms with Crippen molar-refractivity contribution in [1.82, 2.24) is 14.6 Å². The molecule has 20 heavy (non-hydrogen) atoms. The van der Waals surface area contributed by atoms with Crippen LogP contribution in [0.4, 0.5) is 0 Å². The van der Waals surface area contributed by atoms with E-state index in [4.69, 9.17) is 5.84 Å². The van der Waals surface area contributed by atoms with Crippen LogP contribution >= 0.6 is 0 Å². The Hall–Kier alpha value is -0.210. The molecule has 0 radical (unpaired) electrons. The van der Waals surface area contributed by atoms with E-state index in [1.54, 1.807) is 4.31 Å². The third-order valence-corrected chi connectivity index (χ3v) is 6.00. The summed E-state index contributed by atoms with van der Waals surface area (Å²) in [6, 6.07) is 0.127. The summed E-state index contributed by atoms with van der Waals surface area (Å²) in [4.78, 5) is 2.15. The number of piperidine rings is 1. The molecule has 6 nitrogen and oxygen atoms in total. The van der Waals surface area contributed by atoms with Crippen LogP contribution in [0, 0.1) is 5.92 Å². The van der Waals surface area contributed by atoms with Gasteiger partial charge in [0.1, 0.15) is 0 Å². The maximum Gasteiger partial charge on any atom is 0.211 e. The molecule has 120 valence electrons. The summed E-state index contributed by atoms with van der Waals surface area (Å²) in [7, 11) is 0.990. The number of sulfonamides is 1. The van der Waals surface area contributed by atoms with Crippen LogP contribution in [0.5, 0.6) is 0 Å². The second-order valence-corrected chi connectivity index (χ2v) is 8.61. The van der Waals surface area contributed by atoms with Gasteiger partial charge in [0, 0.05) is 24.7 Å². The van der Waals surface area contributed by atoms with Crippen molar-refractivity contribution in [2.75, 3.05) is 33.4 Å². The zero-order valence-corrected chi connectivity index (χ0v) is 14.2. The van der Waals surface area contributed by atoms with Crippen LogP contribution in [0.25, 0.3) is 0 Å². The first-order valence-corrected chi connectivity index (χ1v) is 9.02. The molecule has 2 atom stereocenters. The Labute approximate surface area is 123 Å². The number of nitrogens with one attached hydrogen (secondary N) is 1. The molecule has 0 amide bonds. The van der Waals surface area contributed by atoms with Crippen molar-refractivity contribution in [3.63, 3.8) is 0 Å². The number of hydrogen-bond donors (Lipinski definition) is 2. The Kier molecular flexibility index (Phi) is 5.98. The van der Waals surface area contributed by atoms with Gasteiger partial charge >= 0.3 is 0 Å². The van der Waals surface area contributed by atoms with E-state index in [0.717, 1.165) is 19.3 Å². The Balaban J connectivity index is 2.71. The van der Waals surface area contributed by atoms with E-state index >= 15 is 0 Å². The molecule has 1 aliphatic rings. The Morgan fingerprint density at radius 3 is 2.50 bits per heavy atom. The molecule has 0 aromatic carbocycles. The lowest BCUT2D eigenvalue weighted by Crippen LogP contribution is -2.58. The summed E-state index contributed by atoms with van der Waals surface area (Å²) < 4.78 is 24.9. The number of hydrogen-bond acceptors (Lipinski definition) is 5. The monoisotopic (exact) mass is 306 g/mol. The van der Waals surface area contributed by atoms with Gasteiger partial charge in [-0.25, -0.2) is 12.7 Å². The SMILES string of the molecule is CN(C)C(C)(C)C(CC1CCCN(S(C)(=O)=O)C1)NN. The molecule has 0 spiro atoms.